The third-order valence-electron chi connectivity index (χ3n) is 3.02. The minimum atomic E-state index is -0.887. The maximum Gasteiger partial charge on any atom is 0.311 e. The van der Waals surface area contributed by atoms with Crippen LogP contribution in [0.5, 0.6) is 0 Å². The van der Waals surface area contributed by atoms with Gasteiger partial charge in [-0.25, -0.2) is 0 Å². The fourth-order valence-corrected chi connectivity index (χ4v) is 2.65. The fourth-order valence-electron chi connectivity index (χ4n) is 1.96. The molecule has 102 valence electrons. The Balaban J connectivity index is 2.23. The number of carboxylic acids is 1. The second-order valence-corrected chi connectivity index (χ2v) is 5.29. The molecule has 1 unspecified atom stereocenters. The lowest BCUT2D eigenvalue weighted by Crippen LogP contribution is -2.11. The number of benzene rings is 1. The predicted octanol–water partition coefficient (Wildman–Crippen LogP) is 3.72. The van der Waals surface area contributed by atoms with Crippen LogP contribution >= 0.6 is 11.3 Å². The zero-order chi connectivity index (χ0) is 14.5. The second-order valence-electron chi connectivity index (χ2n) is 4.34. The van der Waals surface area contributed by atoms with Crippen LogP contribution in [0, 0.1) is 0 Å². The summed E-state index contributed by atoms with van der Waals surface area (Å²) in [4.78, 5) is 24.0. The maximum atomic E-state index is 12.1. The lowest BCUT2D eigenvalue weighted by Gasteiger charge is -2.10. The summed E-state index contributed by atoms with van der Waals surface area (Å²) in [6.07, 6.45) is 1.96. The van der Waals surface area contributed by atoms with Crippen LogP contribution in [0.15, 0.2) is 54.4 Å². The molecule has 0 aliphatic carbocycles. The zero-order valence-electron chi connectivity index (χ0n) is 10.8. The van der Waals surface area contributed by atoms with Crippen molar-refractivity contribution in [2.24, 2.45) is 0 Å². The molecule has 1 aromatic carbocycles. The van der Waals surface area contributed by atoms with Gasteiger partial charge in [0.25, 0.3) is 0 Å². The van der Waals surface area contributed by atoms with E-state index in [0.717, 1.165) is 0 Å². The van der Waals surface area contributed by atoms with Crippen LogP contribution in [-0.2, 0) is 4.79 Å². The van der Waals surface area contributed by atoms with Crippen molar-refractivity contribution in [1.82, 2.24) is 0 Å². The Morgan fingerprint density at radius 1 is 1.25 bits per heavy atom. The van der Waals surface area contributed by atoms with Crippen LogP contribution in [-0.4, -0.2) is 16.9 Å². The number of rotatable bonds is 6. The average Bonchev–Trinajstić information content (AvgIpc) is 2.98. The predicted molar refractivity (Wildman–Crippen MR) is 79.4 cm³/mol. The first-order valence-electron chi connectivity index (χ1n) is 6.15. The van der Waals surface area contributed by atoms with E-state index in [0.29, 0.717) is 22.4 Å². The molecular formula is C16H14O3S. The van der Waals surface area contributed by atoms with Crippen molar-refractivity contribution in [3.8, 4) is 0 Å². The highest BCUT2D eigenvalue weighted by atomic mass is 32.1. The molecule has 0 amide bonds. The van der Waals surface area contributed by atoms with Crippen LogP contribution < -0.4 is 0 Å². The maximum absolute atomic E-state index is 12.1. The van der Waals surface area contributed by atoms with Crippen molar-refractivity contribution in [2.45, 2.75) is 12.3 Å². The Morgan fingerprint density at radius 3 is 2.45 bits per heavy atom. The number of ketones is 1. The molecule has 0 fully saturated rings. The standard InChI is InChI=1S/C16H14O3S/c1-2-4-13(16(18)19)11-6-8-12(9-7-11)15(17)14-5-3-10-20-14/h2-3,5-10,13H,1,4H2,(H,18,19). The van der Waals surface area contributed by atoms with E-state index in [1.165, 1.54) is 11.3 Å². The number of hydrogen-bond acceptors (Lipinski definition) is 3. The Bertz CT molecular complexity index is 612. The summed E-state index contributed by atoms with van der Waals surface area (Å²) in [5.74, 6) is -1.54. The van der Waals surface area contributed by atoms with Crippen LogP contribution in [0.3, 0.4) is 0 Å². The summed E-state index contributed by atoms with van der Waals surface area (Å²) >= 11 is 1.39. The highest BCUT2D eigenvalue weighted by Crippen LogP contribution is 2.22. The molecule has 0 spiro atoms. The van der Waals surface area contributed by atoms with Gasteiger partial charge in [-0.15, -0.1) is 17.9 Å². The van der Waals surface area contributed by atoms with E-state index in [1.807, 2.05) is 11.4 Å². The SMILES string of the molecule is C=CCC(C(=O)O)c1ccc(C(=O)c2cccs2)cc1. The Hall–Kier alpha value is -2.20. The highest BCUT2D eigenvalue weighted by Gasteiger charge is 2.18. The number of aliphatic carboxylic acids is 1. The van der Waals surface area contributed by atoms with Crippen molar-refractivity contribution in [2.75, 3.05) is 0 Å². The number of carbonyl (C=O) groups excluding carboxylic acids is 1. The first kappa shape index (κ1) is 14.2. The Labute approximate surface area is 121 Å². The van der Waals surface area contributed by atoms with Gasteiger partial charge in [-0.05, 0) is 23.4 Å². The van der Waals surface area contributed by atoms with Gasteiger partial charge in [-0.1, -0.05) is 36.4 Å². The Kier molecular flexibility index (Phi) is 4.48. The molecule has 20 heavy (non-hydrogen) atoms. The Morgan fingerprint density at radius 2 is 1.95 bits per heavy atom. The molecule has 0 aliphatic heterocycles. The van der Waals surface area contributed by atoms with E-state index >= 15 is 0 Å². The molecule has 1 atom stereocenters. The molecule has 2 rings (SSSR count). The van der Waals surface area contributed by atoms with Crippen molar-refractivity contribution in [3.63, 3.8) is 0 Å². The molecular weight excluding hydrogens is 272 g/mol. The van der Waals surface area contributed by atoms with Gasteiger partial charge in [-0.2, -0.15) is 0 Å². The molecule has 0 bridgehead atoms. The molecule has 3 nitrogen and oxygen atoms in total. The van der Waals surface area contributed by atoms with Gasteiger partial charge in [0, 0.05) is 5.56 Å². The quantitative estimate of drug-likeness (QED) is 0.650. The van der Waals surface area contributed by atoms with Gasteiger partial charge in [0.1, 0.15) is 0 Å². The van der Waals surface area contributed by atoms with Crippen LogP contribution in [0.25, 0.3) is 0 Å². The summed E-state index contributed by atoms with van der Waals surface area (Å²) in [6.45, 7) is 3.57. The topological polar surface area (TPSA) is 54.4 Å². The van der Waals surface area contributed by atoms with Crippen molar-refractivity contribution < 1.29 is 14.7 Å². The summed E-state index contributed by atoms with van der Waals surface area (Å²) in [7, 11) is 0. The lowest BCUT2D eigenvalue weighted by atomic mass is 9.94. The second kappa shape index (κ2) is 6.30. The van der Waals surface area contributed by atoms with Gasteiger partial charge in [0.05, 0.1) is 10.8 Å². The average molecular weight is 286 g/mol. The molecule has 0 radical (unpaired) electrons. The number of carbonyl (C=O) groups is 2. The third-order valence-corrected chi connectivity index (χ3v) is 3.89. The minimum absolute atomic E-state index is 0.0397. The van der Waals surface area contributed by atoms with E-state index in [4.69, 9.17) is 0 Å². The summed E-state index contributed by atoms with van der Waals surface area (Å²) < 4.78 is 0. The van der Waals surface area contributed by atoms with E-state index < -0.39 is 11.9 Å². The number of carboxylic acid groups (broad SMARTS) is 1. The smallest absolute Gasteiger partial charge is 0.311 e. The van der Waals surface area contributed by atoms with E-state index in [-0.39, 0.29) is 5.78 Å². The largest absolute Gasteiger partial charge is 0.481 e. The molecule has 1 heterocycles. The van der Waals surface area contributed by atoms with Gasteiger partial charge in [-0.3, -0.25) is 9.59 Å². The molecule has 1 aromatic heterocycles. The number of allylic oxidation sites excluding steroid dienone is 1. The molecule has 4 heteroatoms. The first-order valence-corrected chi connectivity index (χ1v) is 7.03. The highest BCUT2D eigenvalue weighted by molar-refractivity contribution is 7.12. The molecule has 2 aromatic rings. The van der Waals surface area contributed by atoms with Crippen molar-refractivity contribution in [3.05, 3.63) is 70.4 Å². The van der Waals surface area contributed by atoms with Gasteiger partial charge in [0.2, 0.25) is 5.78 Å². The minimum Gasteiger partial charge on any atom is -0.481 e. The van der Waals surface area contributed by atoms with Crippen LogP contribution in [0.1, 0.15) is 33.1 Å². The summed E-state index contributed by atoms with van der Waals surface area (Å²) in [6, 6.07) is 10.4. The monoisotopic (exact) mass is 286 g/mol. The molecule has 0 aliphatic rings. The number of hydrogen-bond donors (Lipinski definition) is 1. The molecule has 0 saturated heterocycles. The molecule has 1 N–H and O–H groups in total. The van der Waals surface area contributed by atoms with Gasteiger partial charge >= 0.3 is 5.97 Å². The van der Waals surface area contributed by atoms with E-state index in [1.54, 1.807) is 36.4 Å². The first-order chi connectivity index (χ1) is 9.63. The van der Waals surface area contributed by atoms with E-state index in [2.05, 4.69) is 6.58 Å². The van der Waals surface area contributed by atoms with Gasteiger partial charge < -0.3 is 5.11 Å². The molecule has 0 saturated carbocycles. The van der Waals surface area contributed by atoms with Crippen LogP contribution in [0.4, 0.5) is 0 Å². The van der Waals surface area contributed by atoms with Crippen molar-refractivity contribution >= 4 is 23.1 Å². The van der Waals surface area contributed by atoms with Gasteiger partial charge in [0.15, 0.2) is 0 Å². The summed E-state index contributed by atoms with van der Waals surface area (Å²) in [5.41, 5.74) is 1.25. The third kappa shape index (κ3) is 3.03. The zero-order valence-corrected chi connectivity index (χ0v) is 11.6. The van der Waals surface area contributed by atoms with Crippen LogP contribution in [0.2, 0.25) is 0 Å². The number of thiophene rings is 1. The fraction of sp³-hybridized carbons (Fsp3) is 0.125. The van der Waals surface area contributed by atoms with E-state index in [9.17, 15) is 14.7 Å². The normalized spacial score (nSPS) is 11.8. The summed E-state index contributed by atoms with van der Waals surface area (Å²) in [5, 5.41) is 11.0. The van der Waals surface area contributed by atoms with Crippen molar-refractivity contribution in [1.29, 1.82) is 0 Å². The lowest BCUT2D eigenvalue weighted by molar-refractivity contribution is -0.138.